The quantitative estimate of drug-likeness (QED) is 0.821. The third-order valence-corrected chi connectivity index (χ3v) is 2.85. The molecular weight excluding hydrogens is 234 g/mol. The van der Waals surface area contributed by atoms with Gasteiger partial charge in [-0.15, -0.1) is 0 Å². The fraction of sp³-hybridized carbons (Fsp3) is 0.231. The van der Waals surface area contributed by atoms with Gasteiger partial charge in [-0.25, -0.2) is 9.97 Å². The summed E-state index contributed by atoms with van der Waals surface area (Å²) < 4.78 is 0. The molecular formula is C13H14ClN3. The second kappa shape index (κ2) is 4.72. The molecule has 0 spiro atoms. The van der Waals surface area contributed by atoms with Crippen molar-refractivity contribution in [3.05, 3.63) is 46.4 Å². The molecule has 0 aliphatic rings. The summed E-state index contributed by atoms with van der Waals surface area (Å²) in [4.78, 5) is 8.46. The van der Waals surface area contributed by atoms with Crippen molar-refractivity contribution in [2.75, 3.05) is 5.32 Å². The average molecular weight is 248 g/mol. The van der Waals surface area contributed by atoms with Crippen molar-refractivity contribution in [2.45, 2.75) is 20.8 Å². The van der Waals surface area contributed by atoms with E-state index in [-0.39, 0.29) is 0 Å². The molecule has 0 saturated carbocycles. The van der Waals surface area contributed by atoms with E-state index in [1.54, 1.807) is 0 Å². The van der Waals surface area contributed by atoms with Gasteiger partial charge in [0.2, 0.25) is 0 Å². The first-order valence-electron chi connectivity index (χ1n) is 5.40. The highest BCUT2D eigenvalue weighted by atomic mass is 35.5. The molecule has 0 aliphatic carbocycles. The smallest absolute Gasteiger partial charge is 0.138 e. The van der Waals surface area contributed by atoms with E-state index in [1.807, 2.05) is 26.0 Å². The molecule has 1 heterocycles. The van der Waals surface area contributed by atoms with Crippen LogP contribution in [0, 0.1) is 20.8 Å². The minimum Gasteiger partial charge on any atom is -0.340 e. The zero-order valence-corrected chi connectivity index (χ0v) is 10.8. The molecule has 17 heavy (non-hydrogen) atoms. The van der Waals surface area contributed by atoms with Crippen LogP contribution in [0.3, 0.4) is 0 Å². The third kappa shape index (κ3) is 2.74. The topological polar surface area (TPSA) is 37.8 Å². The standard InChI is InChI=1S/C13H14ClN3/c1-8-5-4-6-11(7-8)17-13-9(2)12(14)15-10(3)16-13/h4-7H,1-3H3,(H,15,16,17). The molecule has 2 rings (SSSR count). The molecule has 4 heteroatoms. The fourth-order valence-corrected chi connectivity index (χ4v) is 1.79. The summed E-state index contributed by atoms with van der Waals surface area (Å²) in [5, 5.41) is 3.75. The van der Waals surface area contributed by atoms with Crippen LogP contribution in [0.1, 0.15) is 17.0 Å². The molecule has 0 atom stereocenters. The first kappa shape index (κ1) is 11.9. The van der Waals surface area contributed by atoms with Crippen LogP contribution in [0.15, 0.2) is 24.3 Å². The summed E-state index contributed by atoms with van der Waals surface area (Å²) in [6, 6.07) is 8.11. The van der Waals surface area contributed by atoms with E-state index in [1.165, 1.54) is 5.56 Å². The van der Waals surface area contributed by atoms with E-state index in [4.69, 9.17) is 11.6 Å². The Kier molecular flexibility index (Phi) is 3.29. The zero-order chi connectivity index (χ0) is 12.4. The lowest BCUT2D eigenvalue weighted by molar-refractivity contribution is 1.04. The maximum absolute atomic E-state index is 6.03. The molecule has 0 unspecified atom stereocenters. The van der Waals surface area contributed by atoms with Crippen molar-refractivity contribution in [1.82, 2.24) is 9.97 Å². The number of halogens is 1. The summed E-state index contributed by atoms with van der Waals surface area (Å²) >= 11 is 6.03. The molecule has 0 aliphatic heterocycles. The van der Waals surface area contributed by atoms with Gasteiger partial charge in [-0.2, -0.15) is 0 Å². The first-order chi connectivity index (χ1) is 8.06. The highest BCUT2D eigenvalue weighted by molar-refractivity contribution is 6.30. The van der Waals surface area contributed by atoms with Gasteiger partial charge in [0.05, 0.1) is 0 Å². The van der Waals surface area contributed by atoms with Crippen LogP contribution in [0.25, 0.3) is 0 Å². The largest absolute Gasteiger partial charge is 0.340 e. The van der Waals surface area contributed by atoms with Crippen LogP contribution < -0.4 is 5.32 Å². The molecule has 1 N–H and O–H groups in total. The number of hydrogen-bond acceptors (Lipinski definition) is 3. The molecule has 0 fully saturated rings. The van der Waals surface area contributed by atoms with E-state index < -0.39 is 0 Å². The molecule has 2 aromatic rings. The molecule has 0 radical (unpaired) electrons. The Hall–Kier alpha value is -1.61. The Morgan fingerprint density at radius 2 is 1.88 bits per heavy atom. The van der Waals surface area contributed by atoms with Gasteiger partial charge in [0.15, 0.2) is 0 Å². The Balaban J connectivity index is 2.36. The van der Waals surface area contributed by atoms with E-state index >= 15 is 0 Å². The van der Waals surface area contributed by atoms with Crippen molar-refractivity contribution in [3.63, 3.8) is 0 Å². The molecule has 1 aromatic heterocycles. The lowest BCUT2D eigenvalue weighted by Crippen LogP contribution is -2.01. The van der Waals surface area contributed by atoms with E-state index in [0.29, 0.717) is 11.0 Å². The molecule has 88 valence electrons. The predicted octanol–water partition coefficient (Wildman–Crippen LogP) is 3.80. The van der Waals surface area contributed by atoms with Gasteiger partial charge >= 0.3 is 0 Å². The van der Waals surface area contributed by atoms with Crippen LogP contribution in [-0.2, 0) is 0 Å². The van der Waals surface area contributed by atoms with Crippen LogP contribution in [0.5, 0.6) is 0 Å². The Morgan fingerprint density at radius 1 is 1.12 bits per heavy atom. The van der Waals surface area contributed by atoms with Gasteiger partial charge in [0.1, 0.15) is 16.8 Å². The van der Waals surface area contributed by atoms with Crippen LogP contribution in [0.4, 0.5) is 11.5 Å². The third-order valence-electron chi connectivity index (χ3n) is 2.48. The summed E-state index contributed by atoms with van der Waals surface area (Å²) in [6.07, 6.45) is 0. The maximum Gasteiger partial charge on any atom is 0.138 e. The highest BCUT2D eigenvalue weighted by Crippen LogP contribution is 2.23. The Labute approximate surface area is 106 Å². The molecule has 3 nitrogen and oxygen atoms in total. The van der Waals surface area contributed by atoms with Gasteiger partial charge in [0.25, 0.3) is 0 Å². The number of rotatable bonds is 2. The van der Waals surface area contributed by atoms with Gasteiger partial charge < -0.3 is 5.32 Å². The predicted molar refractivity (Wildman–Crippen MR) is 71.0 cm³/mol. The Bertz CT molecular complexity index is 552. The lowest BCUT2D eigenvalue weighted by atomic mass is 10.2. The summed E-state index contributed by atoms with van der Waals surface area (Å²) in [6.45, 7) is 5.78. The maximum atomic E-state index is 6.03. The number of nitrogens with zero attached hydrogens (tertiary/aromatic N) is 2. The molecule has 0 saturated heterocycles. The van der Waals surface area contributed by atoms with Crippen LogP contribution >= 0.6 is 11.6 Å². The van der Waals surface area contributed by atoms with Gasteiger partial charge in [-0.1, -0.05) is 23.7 Å². The average Bonchev–Trinajstić information content (AvgIpc) is 2.25. The number of aromatic nitrogens is 2. The van der Waals surface area contributed by atoms with Crippen LogP contribution in [0.2, 0.25) is 5.15 Å². The summed E-state index contributed by atoms with van der Waals surface area (Å²) in [5.74, 6) is 1.42. The van der Waals surface area contributed by atoms with E-state index in [9.17, 15) is 0 Å². The summed E-state index contributed by atoms with van der Waals surface area (Å²) in [5.41, 5.74) is 3.06. The molecule has 0 amide bonds. The van der Waals surface area contributed by atoms with Crippen molar-refractivity contribution in [3.8, 4) is 0 Å². The van der Waals surface area contributed by atoms with Gasteiger partial charge in [0, 0.05) is 11.3 Å². The lowest BCUT2D eigenvalue weighted by Gasteiger charge is -2.10. The number of nitrogens with one attached hydrogen (secondary N) is 1. The highest BCUT2D eigenvalue weighted by Gasteiger charge is 2.07. The van der Waals surface area contributed by atoms with Crippen molar-refractivity contribution >= 4 is 23.1 Å². The van der Waals surface area contributed by atoms with Gasteiger partial charge in [-0.05, 0) is 38.5 Å². The summed E-state index contributed by atoms with van der Waals surface area (Å²) in [7, 11) is 0. The second-order valence-corrected chi connectivity index (χ2v) is 4.39. The fourth-order valence-electron chi connectivity index (χ4n) is 1.58. The minimum atomic E-state index is 0.493. The SMILES string of the molecule is Cc1cccc(Nc2nc(C)nc(Cl)c2C)c1. The monoisotopic (exact) mass is 247 g/mol. The number of benzene rings is 1. The van der Waals surface area contributed by atoms with Crippen molar-refractivity contribution < 1.29 is 0 Å². The normalized spacial score (nSPS) is 10.4. The van der Waals surface area contributed by atoms with Crippen molar-refractivity contribution in [2.24, 2.45) is 0 Å². The minimum absolute atomic E-state index is 0.493. The number of hydrogen-bond donors (Lipinski definition) is 1. The molecule has 1 aromatic carbocycles. The van der Waals surface area contributed by atoms with E-state index in [2.05, 4.69) is 34.3 Å². The molecule has 0 bridgehead atoms. The van der Waals surface area contributed by atoms with Gasteiger partial charge in [-0.3, -0.25) is 0 Å². The van der Waals surface area contributed by atoms with Crippen molar-refractivity contribution in [1.29, 1.82) is 0 Å². The number of aryl methyl sites for hydroxylation is 2. The Morgan fingerprint density at radius 3 is 2.59 bits per heavy atom. The number of anilines is 2. The zero-order valence-electron chi connectivity index (χ0n) is 10.1. The van der Waals surface area contributed by atoms with Crippen LogP contribution in [-0.4, -0.2) is 9.97 Å². The second-order valence-electron chi connectivity index (χ2n) is 4.03. The van der Waals surface area contributed by atoms with E-state index in [0.717, 1.165) is 17.1 Å². The first-order valence-corrected chi connectivity index (χ1v) is 5.78.